The Morgan fingerprint density at radius 1 is 0.824 bits per heavy atom. The predicted octanol–water partition coefficient (Wildman–Crippen LogP) is 4.54. The van der Waals surface area contributed by atoms with Crippen LogP contribution in [0, 0.1) is 23.7 Å². The van der Waals surface area contributed by atoms with Crippen molar-refractivity contribution in [1.29, 1.82) is 0 Å². The first-order valence-corrected chi connectivity index (χ1v) is 11.4. The van der Waals surface area contributed by atoms with Crippen molar-refractivity contribution in [3.05, 3.63) is 0 Å². The Labute approximate surface area is 192 Å². The standard InChI is InChI=1S/C22H28F6O6/c1-3-12(2)16(29)32-4-5-33-17(30)20(23,24)22(27,28)21(25,26)18(31)34-19-9-13-6-14(10-19)8-15(7-13)11-19/h12-15H,3-11H2,1-2H3. The summed E-state index contributed by atoms with van der Waals surface area (Å²) in [5.41, 5.74) is -1.37. The molecule has 34 heavy (non-hydrogen) atoms. The summed E-state index contributed by atoms with van der Waals surface area (Å²) < 4.78 is 98.8. The van der Waals surface area contributed by atoms with Crippen LogP contribution in [0.5, 0.6) is 0 Å². The molecular formula is C22H28F6O6. The SMILES string of the molecule is CCC(C)C(=O)OCCOC(=O)C(F)(F)C(F)(F)C(F)(F)C(=O)OC12CC3CC(CC(C3)C1)C2. The molecule has 4 aliphatic rings. The minimum absolute atomic E-state index is 0.110. The van der Waals surface area contributed by atoms with Gasteiger partial charge in [0.25, 0.3) is 0 Å². The second-order valence-corrected chi connectivity index (χ2v) is 9.83. The van der Waals surface area contributed by atoms with E-state index in [0.717, 1.165) is 19.3 Å². The van der Waals surface area contributed by atoms with Crippen LogP contribution in [0.3, 0.4) is 0 Å². The van der Waals surface area contributed by atoms with Gasteiger partial charge in [-0.1, -0.05) is 13.8 Å². The quantitative estimate of drug-likeness (QED) is 0.189. The monoisotopic (exact) mass is 502 g/mol. The predicted molar refractivity (Wildman–Crippen MR) is 103 cm³/mol. The molecule has 0 amide bonds. The fourth-order valence-corrected chi connectivity index (χ4v) is 5.55. The molecule has 1 unspecified atom stereocenters. The van der Waals surface area contributed by atoms with E-state index in [0.29, 0.717) is 6.42 Å². The zero-order chi connectivity index (χ0) is 25.5. The summed E-state index contributed by atoms with van der Waals surface area (Å²) in [7, 11) is 0. The molecular weight excluding hydrogens is 474 g/mol. The third-order valence-electron chi connectivity index (χ3n) is 7.17. The van der Waals surface area contributed by atoms with E-state index < -0.39 is 60.4 Å². The van der Waals surface area contributed by atoms with Gasteiger partial charge in [0, 0.05) is 0 Å². The molecule has 4 rings (SSSR count). The number of carbonyl (C=O) groups is 3. The van der Waals surface area contributed by atoms with Crippen LogP contribution in [-0.4, -0.2) is 54.5 Å². The maximum atomic E-state index is 14.4. The zero-order valence-corrected chi connectivity index (χ0v) is 18.9. The molecule has 12 heteroatoms. The Morgan fingerprint density at radius 3 is 1.74 bits per heavy atom. The van der Waals surface area contributed by atoms with Gasteiger partial charge in [0.15, 0.2) is 0 Å². The van der Waals surface area contributed by atoms with E-state index >= 15 is 0 Å². The van der Waals surface area contributed by atoms with Crippen LogP contribution in [0.4, 0.5) is 26.3 Å². The van der Waals surface area contributed by atoms with Crippen molar-refractivity contribution < 1.29 is 54.9 Å². The van der Waals surface area contributed by atoms with Crippen molar-refractivity contribution in [3.63, 3.8) is 0 Å². The molecule has 194 valence electrons. The van der Waals surface area contributed by atoms with E-state index in [-0.39, 0.29) is 37.0 Å². The van der Waals surface area contributed by atoms with Gasteiger partial charge < -0.3 is 14.2 Å². The topological polar surface area (TPSA) is 78.9 Å². The second kappa shape index (κ2) is 9.22. The average Bonchev–Trinajstić information content (AvgIpc) is 2.73. The first-order valence-electron chi connectivity index (χ1n) is 11.4. The highest BCUT2D eigenvalue weighted by molar-refractivity contribution is 5.85. The van der Waals surface area contributed by atoms with Crippen molar-refractivity contribution in [2.24, 2.45) is 23.7 Å². The Morgan fingerprint density at radius 2 is 1.26 bits per heavy atom. The minimum atomic E-state index is -6.41. The molecule has 6 nitrogen and oxygen atoms in total. The smallest absolute Gasteiger partial charge is 0.411 e. The lowest BCUT2D eigenvalue weighted by atomic mass is 9.54. The zero-order valence-electron chi connectivity index (χ0n) is 18.9. The summed E-state index contributed by atoms with van der Waals surface area (Å²) in [6.07, 6.45) is 3.57. The van der Waals surface area contributed by atoms with Gasteiger partial charge in [-0.3, -0.25) is 4.79 Å². The first kappa shape index (κ1) is 26.6. The third-order valence-corrected chi connectivity index (χ3v) is 7.17. The second-order valence-electron chi connectivity index (χ2n) is 9.83. The fourth-order valence-electron chi connectivity index (χ4n) is 5.55. The van der Waals surface area contributed by atoms with Crippen molar-refractivity contribution in [2.45, 2.75) is 82.2 Å². The molecule has 0 heterocycles. The molecule has 0 radical (unpaired) electrons. The summed E-state index contributed by atoms with van der Waals surface area (Å²) >= 11 is 0. The molecule has 1 atom stereocenters. The first-order chi connectivity index (χ1) is 15.6. The number of hydrogen-bond donors (Lipinski definition) is 0. The Hall–Kier alpha value is -2.01. The van der Waals surface area contributed by atoms with Gasteiger partial charge in [-0.2, -0.15) is 26.3 Å². The Bertz CT molecular complexity index is 778. The Balaban J connectivity index is 1.62. The van der Waals surface area contributed by atoms with E-state index in [4.69, 9.17) is 4.74 Å². The number of carbonyl (C=O) groups excluding carboxylic acids is 3. The Kier molecular flexibility index (Phi) is 7.21. The van der Waals surface area contributed by atoms with Gasteiger partial charge in [0.05, 0.1) is 5.92 Å². The highest BCUT2D eigenvalue weighted by Crippen LogP contribution is 2.58. The molecule has 0 saturated heterocycles. The number of rotatable bonds is 10. The summed E-state index contributed by atoms with van der Waals surface area (Å²) in [4.78, 5) is 35.1. The van der Waals surface area contributed by atoms with Gasteiger partial charge >= 0.3 is 35.7 Å². The lowest BCUT2D eigenvalue weighted by Gasteiger charge is -2.55. The van der Waals surface area contributed by atoms with E-state index in [2.05, 4.69) is 9.47 Å². The van der Waals surface area contributed by atoms with Gasteiger partial charge in [-0.05, 0) is 62.7 Å². The van der Waals surface area contributed by atoms with Crippen LogP contribution in [0.2, 0.25) is 0 Å². The largest absolute Gasteiger partial charge is 0.462 e. The lowest BCUT2D eigenvalue weighted by Crippen LogP contribution is -2.63. The average molecular weight is 502 g/mol. The van der Waals surface area contributed by atoms with E-state index in [1.54, 1.807) is 6.92 Å². The molecule has 4 aliphatic carbocycles. The maximum Gasteiger partial charge on any atom is 0.411 e. The van der Waals surface area contributed by atoms with E-state index in [1.165, 1.54) is 6.92 Å². The fraction of sp³-hybridized carbons (Fsp3) is 0.864. The molecule has 0 aliphatic heterocycles. The molecule has 4 bridgehead atoms. The third kappa shape index (κ3) is 4.73. The number of alkyl halides is 6. The van der Waals surface area contributed by atoms with E-state index in [9.17, 15) is 40.7 Å². The highest BCUT2D eigenvalue weighted by atomic mass is 19.3. The number of esters is 3. The van der Waals surface area contributed by atoms with Crippen LogP contribution < -0.4 is 0 Å². The molecule has 0 spiro atoms. The molecule has 0 aromatic carbocycles. The van der Waals surface area contributed by atoms with Crippen LogP contribution in [0.15, 0.2) is 0 Å². The summed E-state index contributed by atoms with van der Waals surface area (Å²) in [5.74, 6) is -25.1. The minimum Gasteiger partial charge on any atom is -0.462 e. The molecule has 0 aromatic rings. The number of ether oxygens (including phenoxy) is 3. The van der Waals surface area contributed by atoms with Crippen molar-refractivity contribution in [1.82, 2.24) is 0 Å². The van der Waals surface area contributed by atoms with Crippen molar-refractivity contribution in [3.8, 4) is 0 Å². The van der Waals surface area contributed by atoms with Crippen LogP contribution in [-0.2, 0) is 28.6 Å². The highest BCUT2D eigenvalue weighted by Gasteiger charge is 2.80. The summed E-state index contributed by atoms with van der Waals surface area (Å²) in [6, 6.07) is 0. The summed E-state index contributed by atoms with van der Waals surface area (Å²) in [5, 5.41) is 0. The van der Waals surface area contributed by atoms with E-state index in [1.807, 2.05) is 0 Å². The number of hydrogen-bond acceptors (Lipinski definition) is 6. The van der Waals surface area contributed by atoms with Gasteiger partial charge in [-0.25, -0.2) is 9.59 Å². The van der Waals surface area contributed by atoms with Crippen LogP contribution in [0.25, 0.3) is 0 Å². The normalized spacial score (nSPS) is 29.5. The van der Waals surface area contributed by atoms with Gasteiger partial charge in [-0.15, -0.1) is 0 Å². The molecule has 4 fully saturated rings. The molecule has 0 N–H and O–H groups in total. The molecule has 0 aromatic heterocycles. The van der Waals surface area contributed by atoms with Gasteiger partial charge in [0.2, 0.25) is 0 Å². The van der Waals surface area contributed by atoms with Crippen molar-refractivity contribution in [2.75, 3.05) is 13.2 Å². The van der Waals surface area contributed by atoms with Gasteiger partial charge in [0.1, 0.15) is 18.8 Å². The lowest BCUT2D eigenvalue weighted by molar-refractivity contribution is -0.307. The van der Waals surface area contributed by atoms with Crippen LogP contribution in [0.1, 0.15) is 58.8 Å². The summed E-state index contributed by atoms with van der Waals surface area (Å²) in [6.45, 7) is 1.38. The number of halogens is 6. The maximum absolute atomic E-state index is 14.4. The van der Waals surface area contributed by atoms with Crippen LogP contribution >= 0.6 is 0 Å². The molecule has 4 saturated carbocycles. The van der Waals surface area contributed by atoms with Crippen molar-refractivity contribution >= 4 is 17.9 Å².